The zero-order valence-electron chi connectivity index (χ0n) is 7.36. The van der Waals surface area contributed by atoms with Crippen LogP contribution in [0.3, 0.4) is 0 Å². The molecule has 2 N–H and O–H groups in total. The highest BCUT2D eigenvalue weighted by molar-refractivity contribution is 5.74. The predicted molar refractivity (Wildman–Crippen MR) is 49.4 cm³/mol. The third kappa shape index (κ3) is 1.65. The molecule has 1 fully saturated rings. The van der Waals surface area contributed by atoms with Crippen LogP contribution in [0, 0.1) is 5.92 Å². The van der Waals surface area contributed by atoms with Gasteiger partial charge in [0, 0.05) is 6.54 Å². The topological polar surface area (TPSA) is 49.3 Å². The maximum atomic E-state index is 10.7. The van der Waals surface area contributed by atoms with Crippen molar-refractivity contribution in [3.8, 4) is 0 Å². The fourth-order valence-corrected chi connectivity index (χ4v) is 1.94. The molecule has 70 valence electrons. The second-order valence-electron chi connectivity index (χ2n) is 3.61. The van der Waals surface area contributed by atoms with Crippen LogP contribution in [-0.4, -0.2) is 23.7 Å². The van der Waals surface area contributed by atoms with Crippen molar-refractivity contribution >= 4 is 5.97 Å². The Morgan fingerprint density at radius 2 is 2.46 bits per heavy atom. The molecule has 0 spiro atoms. The number of piperidine rings is 1. The number of fused-ring (bicyclic) bond motifs is 1. The van der Waals surface area contributed by atoms with Gasteiger partial charge in [0.05, 0.1) is 0 Å². The van der Waals surface area contributed by atoms with E-state index < -0.39 is 5.97 Å². The van der Waals surface area contributed by atoms with Gasteiger partial charge in [-0.05, 0) is 18.8 Å². The molecule has 0 aromatic heterocycles. The van der Waals surface area contributed by atoms with Gasteiger partial charge in [-0.3, -0.25) is 4.79 Å². The van der Waals surface area contributed by atoms with Gasteiger partial charge in [-0.2, -0.15) is 0 Å². The average molecular weight is 179 g/mol. The highest BCUT2D eigenvalue weighted by atomic mass is 16.4. The summed E-state index contributed by atoms with van der Waals surface area (Å²) >= 11 is 0. The van der Waals surface area contributed by atoms with E-state index in [0.717, 1.165) is 13.0 Å². The molecule has 0 radical (unpaired) electrons. The Morgan fingerprint density at radius 1 is 1.62 bits per heavy atom. The van der Waals surface area contributed by atoms with Crippen molar-refractivity contribution in [3.05, 3.63) is 23.8 Å². The zero-order valence-corrected chi connectivity index (χ0v) is 7.36. The number of aliphatic carboxylic acids is 1. The molecule has 1 aliphatic carbocycles. The second-order valence-corrected chi connectivity index (χ2v) is 3.61. The largest absolute Gasteiger partial charge is 0.480 e. The number of carbonyl (C=O) groups is 1. The van der Waals surface area contributed by atoms with Crippen molar-refractivity contribution in [2.45, 2.75) is 18.9 Å². The molecular weight excluding hydrogens is 166 g/mol. The number of nitrogens with one attached hydrogen (secondary N) is 1. The molecule has 0 aromatic carbocycles. The molecule has 2 atom stereocenters. The summed E-state index contributed by atoms with van der Waals surface area (Å²) in [6.07, 6.45) is 7.92. The summed E-state index contributed by atoms with van der Waals surface area (Å²) in [4.78, 5) is 10.7. The molecule has 3 heteroatoms. The minimum atomic E-state index is -0.742. The molecule has 1 heterocycles. The Balaban J connectivity index is 2.09. The van der Waals surface area contributed by atoms with Crippen LogP contribution in [0.4, 0.5) is 0 Å². The van der Waals surface area contributed by atoms with Crippen molar-refractivity contribution in [1.82, 2.24) is 5.32 Å². The highest BCUT2D eigenvalue weighted by Gasteiger charge is 2.28. The standard InChI is InChI=1S/C10H13NO2/c12-10(13)9-5-7-3-1-2-4-8(7)6-11-9/h1-3,8-9,11H,4-6H2,(H,12,13)/t8?,9-/m0/s1. The van der Waals surface area contributed by atoms with Crippen molar-refractivity contribution in [2.24, 2.45) is 5.92 Å². The summed E-state index contributed by atoms with van der Waals surface area (Å²) in [7, 11) is 0. The molecule has 0 aromatic rings. The lowest BCUT2D eigenvalue weighted by atomic mass is 9.84. The first-order chi connectivity index (χ1) is 6.27. The van der Waals surface area contributed by atoms with E-state index >= 15 is 0 Å². The molecule has 2 aliphatic rings. The van der Waals surface area contributed by atoms with Gasteiger partial charge in [-0.1, -0.05) is 23.8 Å². The SMILES string of the molecule is O=C(O)[C@@H]1CC2=CC=CCC2CN1. The van der Waals surface area contributed by atoms with Crippen molar-refractivity contribution in [3.63, 3.8) is 0 Å². The molecule has 3 nitrogen and oxygen atoms in total. The van der Waals surface area contributed by atoms with E-state index in [2.05, 4.69) is 17.5 Å². The molecular formula is C10H13NO2. The fourth-order valence-electron chi connectivity index (χ4n) is 1.94. The summed E-state index contributed by atoms with van der Waals surface area (Å²) in [5.74, 6) is -0.213. The first kappa shape index (κ1) is 8.51. The number of carboxylic acid groups (broad SMARTS) is 1. The van der Waals surface area contributed by atoms with Crippen LogP contribution in [0.15, 0.2) is 23.8 Å². The molecule has 0 bridgehead atoms. The van der Waals surface area contributed by atoms with Crippen molar-refractivity contribution < 1.29 is 9.90 Å². The molecule has 0 amide bonds. The first-order valence-electron chi connectivity index (χ1n) is 4.59. The normalized spacial score (nSPS) is 32.2. The summed E-state index contributed by atoms with van der Waals surface area (Å²) in [5, 5.41) is 11.9. The van der Waals surface area contributed by atoms with E-state index in [1.54, 1.807) is 0 Å². The van der Waals surface area contributed by atoms with Crippen molar-refractivity contribution in [2.75, 3.05) is 6.54 Å². The van der Waals surface area contributed by atoms with E-state index in [0.29, 0.717) is 12.3 Å². The van der Waals surface area contributed by atoms with Gasteiger partial charge in [-0.15, -0.1) is 0 Å². The number of allylic oxidation sites excluding steroid dienone is 3. The van der Waals surface area contributed by atoms with E-state index in [1.807, 2.05) is 6.08 Å². The van der Waals surface area contributed by atoms with Crippen LogP contribution < -0.4 is 5.32 Å². The number of hydrogen-bond donors (Lipinski definition) is 2. The van der Waals surface area contributed by atoms with E-state index in [4.69, 9.17) is 5.11 Å². The van der Waals surface area contributed by atoms with Crippen molar-refractivity contribution in [1.29, 1.82) is 0 Å². The number of hydrogen-bond acceptors (Lipinski definition) is 2. The van der Waals surface area contributed by atoms with Crippen LogP contribution in [0.25, 0.3) is 0 Å². The average Bonchev–Trinajstić information content (AvgIpc) is 2.17. The van der Waals surface area contributed by atoms with Crippen LogP contribution in [0.2, 0.25) is 0 Å². The van der Waals surface area contributed by atoms with Gasteiger partial charge in [0.25, 0.3) is 0 Å². The third-order valence-electron chi connectivity index (χ3n) is 2.74. The quantitative estimate of drug-likeness (QED) is 0.629. The van der Waals surface area contributed by atoms with Crippen LogP contribution in [0.1, 0.15) is 12.8 Å². The Bertz CT molecular complexity index is 281. The van der Waals surface area contributed by atoms with Gasteiger partial charge in [0.2, 0.25) is 0 Å². The number of carboxylic acids is 1. The maximum absolute atomic E-state index is 10.7. The van der Waals surface area contributed by atoms with Gasteiger partial charge < -0.3 is 10.4 Å². The number of rotatable bonds is 1. The second kappa shape index (κ2) is 3.34. The molecule has 13 heavy (non-hydrogen) atoms. The lowest BCUT2D eigenvalue weighted by Crippen LogP contribution is -2.45. The van der Waals surface area contributed by atoms with Gasteiger partial charge >= 0.3 is 5.97 Å². The fraction of sp³-hybridized carbons (Fsp3) is 0.500. The summed E-state index contributed by atoms with van der Waals surface area (Å²) in [5.41, 5.74) is 1.29. The first-order valence-corrected chi connectivity index (χ1v) is 4.59. The minimum absolute atomic E-state index is 0.381. The smallest absolute Gasteiger partial charge is 0.321 e. The van der Waals surface area contributed by atoms with E-state index in [1.165, 1.54) is 5.57 Å². The lowest BCUT2D eigenvalue weighted by Gasteiger charge is -2.31. The van der Waals surface area contributed by atoms with E-state index in [9.17, 15) is 4.79 Å². The Morgan fingerprint density at radius 3 is 3.23 bits per heavy atom. The summed E-state index contributed by atoms with van der Waals surface area (Å²) < 4.78 is 0. The van der Waals surface area contributed by atoms with Crippen LogP contribution in [-0.2, 0) is 4.79 Å². The molecule has 1 saturated heterocycles. The Labute approximate surface area is 77.1 Å². The van der Waals surface area contributed by atoms with Crippen LogP contribution in [0.5, 0.6) is 0 Å². The third-order valence-corrected chi connectivity index (χ3v) is 2.74. The molecule has 0 saturated carbocycles. The predicted octanol–water partition coefficient (Wildman–Crippen LogP) is 0.935. The maximum Gasteiger partial charge on any atom is 0.321 e. The monoisotopic (exact) mass is 179 g/mol. The minimum Gasteiger partial charge on any atom is -0.480 e. The Kier molecular flexibility index (Phi) is 2.19. The Hall–Kier alpha value is -1.09. The molecule has 1 unspecified atom stereocenters. The summed E-state index contributed by atoms with van der Waals surface area (Å²) in [6.45, 7) is 0.799. The molecule has 1 aliphatic heterocycles. The highest BCUT2D eigenvalue weighted by Crippen LogP contribution is 2.27. The van der Waals surface area contributed by atoms with Gasteiger partial charge in [0.15, 0.2) is 0 Å². The van der Waals surface area contributed by atoms with E-state index in [-0.39, 0.29) is 6.04 Å². The summed E-state index contributed by atoms with van der Waals surface area (Å²) in [6, 6.07) is -0.381. The zero-order chi connectivity index (χ0) is 9.26. The molecule has 2 rings (SSSR count). The van der Waals surface area contributed by atoms with Gasteiger partial charge in [0.1, 0.15) is 6.04 Å². The van der Waals surface area contributed by atoms with Crippen LogP contribution >= 0.6 is 0 Å². The van der Waals surface area contributed by atoms with Gasteiger partial charge in [-0.25, -0.2) is 0 Å². The lowest BCUT2D eigenvalue weighted by molar-refractivity contribution is -0.139.